The Morgan fingerprint density at radius 3 is 2.91 bits per heavy atom. The van der Waals surface area contributed by atoms with Crippen molar-refractivity contribution in [1.82, 2.24) is 29.7 Å². The number of carbonyl (C=O) groups is 1. The number of fused-ring (bicyclic) bond motifs is 1. The van der Waals surface area contributed by atoms with E-state index >= 15 is 0 Å². The van der Waals surface area contributed by atoms with Crippen LogP contribution in [0.5, 0.6) is 0 Å². The van der Waals surface area contributed by atoms with Gasteiger partial charge in [0.2, 0.25) is 17.6 Å². The summed E-state index contributed by atoms with van der Waals surface area (Å²) in [5.74, 6) is 0.798. The molecule has 3 atom stereocenters. The van der Waals surface area contributed by atoms with Crippen LogP contribution in [-0.2, 0) is 16.1 Å². The number of alkyl halides is 1. The number of hydrogen-bond donors (Lipinski definition) is 2. The minimum absolute atomic E-state index is 0.0188. The lowest BCUT2D eigenvalue weighted by Crippen LogP contribution is -2.46. The van der Waals surface area contributed by atoms with E-state index < -0.39 is 6.17 Å². The largest absolute Gasteiger partial charge is 0.376 e. The number of imidazole rings is 1. The van der Waals surface area contributed by atoms with Crippen molar-refractivity contribution in [2.24, 2.45) is 5.92 Å². The third kappa shape index (κ3) is 4.06. The molecule has 174 valence electrons. The molecule has 3 aromatic rings. The van der Waals surface area contributed by atoms with Crippen molar-refractivity contribution in [3.05, 3.63) is 29.9 Å². The van der Waals surface area contributed by atoms with Gasteiger partial charge in [0.05, 0.1) is 30.6 Å². The van der Waals surface area contributed by atoms with E-state index in [0.717, 1.165) is 30.8 Å². The molecule has 0 radical (unpaired) electrons. The molecular weight excluding hydrogens is 429 g/mol. The second kappa shape index (κ2) is 8.07. The van der Waals surface area contributed by atoms with E-state index in [1.807, 2.05) is 34.7 Å². The van der Waals surface area contributed by atoms with Crippen LogP contribution in [0, 0.1) is 5.92 Å². The maximum absolute atomic E-state index is 14.6. The number of nitrogens with zero attached hydrogens (tertiary/aromatic N) is 5. The lowest BCUT2D eigenvalue weighted by Gasteiger charge is -2.33. The summed E-state index contributed by atoms with van der Waals surface area (Å²) in [4.78, 5) is 23.2. The normalized spacial score (nSPS) is 25.3. The van der Waals surface area contributed by atoms with Gasteiger partial charge in [-0.2, -0.15) is 4.98 Å². The molecule has 10 nitrogen and oxygen atoms in total. The van der Waals surface area contributed by atoms with Gasteiger partial charge in [-0.25, -0.2) is 9.37 Å². The molecule has 1 amide bonds. The smallest absolute Gasteiger partial charge is 0.246 e. The van der Waals surface area contributed by atoms with E-state index in [2.05, 4.69) is 20.8 Å². The number of anilines is 1. The molecule has 5 heterocycles. The van der Waals surface area contributed by atoms with Crippen LogP contribution in [0.1, 0.15) is 37.0 Å². The van der Waals surface area contributed by atoms with E-state index in [0.29, 0.717) is 42.6 Å². The Morgan fingerprint density at radius 2 is 2.15 bits per heavy atom. The van der Waals surface area contributed by atoms with E-state index in [9.17, 15) is 9.18 Å². The van der Waals surface area contributed by atoms with Crippen LogP contribution in [0.2, 0.25) is 0 Å². The summed E-state index contributed by atoms with van der Waals surface area (Å²) in [7, 11) is 1.93. The third-order valence-electron chi connectivity index (χ3n) is 6.45. The fraction of sp³-hybridized carbons (Fsp3) is 0.545. The highest BCUT2D eigenvalue weighted by Gasteiger charge is 2.35. The molecule has 3 aromatic heterocycles. The van der Waals surface area contributed by atoms with Crippen molar-refractivity contribution in [2.75, 3.05) is 32.1 Å². The van der Waals surface area contributed by atoms with Crippen LogP contribution < -0.4 is 10.6 Å². The summed E-state index contributed by atoms with van der Waals surface area (Å²) < 4.78 is 27.5. The van der Waals surface area contributed by atoms with Gasteiger partial charge in [-0.05, 0) is 38.4 Å². The van der Waals surface area contributed by atoms with Crippen LogP contribution in [0.4, 0.5) is 10.1 Å². The first-order valence-corrected chi connectivity index (χ1v) is 11.4. The molecule has 3 fully saturated rings. The number of epoxide rings is 1. The van der Waals surface area contributed by atoms with E-state index in [1.165, 1.54) is 0 Å². The van der Waals surface area contributed by atoms with Gasteiger partial charge in [0.25, 0.3) is 0 Å². The van der Waals surface area contributed by atoms with Gasteiger partial charge in [0.1, 0.15) is 18.0 Å². The molecule has 1 aliphatic carbocycles. The highest BCUT2D eigenvalue weighted by atomic mass is 19.1. The van der Waals surface area contributed by atoms with Crippen LogP contribution in [0.25, 0.3) is 17.2 Å². The molecule has 11 heteroatoms. The Kier molecular flexibility index (Phi) is 5.02. The summed E-state index contributed by atoms with van der Waals surface area (Å²) in [6.07, 6.45) is 3.42. The van der Waals surface area contributed by atoms with Crippen LogP contribution in [0.3, 0.4) is 0 Å². The number of nitrogens with one attached hydrogen (secondary N) is 2. The number of aromatic nitrogens is 4. The molecule has 0 unspecified atom stereocenters. The van der Waals surface area contributed by atoms with Gasteiger partial charge < -0.3 is 24.8 Å². The fourth-order valence-electron chi connectivity index (χ4n) is 4.37. The van der Waals surface area contributed by atoms with Gasteiger partial charge in [0, 0.05) is 25.2 Å². The molecule has 0 spiro atoms. The Balaban J connectivity index is 1.29. The van der Waals surface area contributed by atoms with Crippen LogP contribution >= 0.6 is 0 Å². The van der Waals surface area contributed by atoms with Crippen LogP contribution in [0.15, 0.2) is 22.9 Å². The zero-order valence-corrected chi connectivity index (χ0v) is 18.3. The van der Waals surface area contributed by atoms with Crippen molar-refractivity contribution in [3.8, 4) is 11.5 Å². The molecule has 0 aromatic carbocycles. The van der Waals surface area contributed by atoms with Gasteiger partial charge in [0.15, 0.2) is 5.65 Å². The molecule has 0 bridgehead atoms. The van der Waals surface area contributed by atoms with Gasteiger partial charge in [-0.15, -0.1) is 0 Å². The molecule has 2 saturated heterocycles. The van der Waals surface area contributed by atoms with Gasteiger partial charge in [-0.3, -0.25) is 9.20 Å². The minimum atomic E-state index is -0.963. The second-order valence-corrected chi connectivity index (χ2v) is 9.10. The molecule has 6 rings (SSSR count). The average molecular weight is 455 g/mol. The average Bonchev–Trinajstić information content (AvgIpc) is 3.73. The number of ether oxygens (including phenoxy) is 1. The number of pyridine rings is 1. The number of likely N-dealkylation sites (tertiary alicyclic amines) is 1. The Bertz CT molecular complexity index is 1190. The Hall–Kier alpha value is -3.05. The van der Waals surface area contributed by atoms with Crippen molar-refractivity contribution in [3.63, 3.8) is 0 Å². The number of amides is 1. The summed E-state index contributed by atoms with van der Waals surface area (Å²) >= 11 is 0. The number of hydrogen-bond acceptors (Lipinski definition) is 8. The quantitative estimate of drug-likeness (QED) is 0.520. The molecular formula is C22H26FN7O3. The number of halogens is 1. The van der Waals surface area contributed by atoms with Crippen molar-refractivity contribution in [2.45, 2.75) is 44.1 Å². The number of carbonyl (C=O) groups excluding carboxylic acids is 1. The minimum Gasteiger partial charge on any atom is -0.376 e. The maximum atomic E-state index is 14.6. The predicted octanol–water partition coefficient (Wildman–Crippen LogP) is 1.94. The van der Waals surface area contributed by atoms with Crippen molar-refractivity contribution < 1.29 is 18.4 Å². The van der Waals surface area contributed by atoms with Crippen molar-refractivity contribution >= 4 is 17.2 Å². The maximum Gasteiger partial charge on any atom is 0.246 e. The monoisotopic (exact) mass is 455 g/mol. The zero-order valence-electron chi connectivity index (χ0n) is 18.3. The molecule has 1 saturated carbocycles. The molecule has 33 heavy (non-hydrogen) atoms. The molecule has 2 N–H and O–H groups in total. The zero-order chi connectivity index (χ0) is 22.5. The van der Waals surface area contributed by atoms with Gasteiger partial charge in [-0.1, -0.05) is 5.16 Å². The summed E-state index contributed by atoms with van der Waals surface area (Å²) in [6.45, 7) is 2.02. The SMILES string of the molecule is CN1CC[C@@H](Nc2cccn3c([C@@H]4CO4)c(-c4noc(CNC(=O)C5CC5)n4)nc23)[C@@H](F)C1. The van der Waals surface area contributed by atoms with E-state index in [4.69, 9.17) is 14.2 Å². The number of piperidine rings is 1. The standard InChI is InChI=1S/C22H26FN7O3/c1-29-8-6-14(13(23)10-29)25-15-3-2-7-30-19(16-11-32-16)18(27-21(15)30)20-26-17(33-28-20)9-24-22(31)12-4-5-12/h2-3,7,12-14,16,25H,4-6,8-11H2,1H3,(H,24,31)/t13-,14+,16-/m0/s1. The number of rotatable bonds is 7. The van der Waals surface area contributed by atoms with Crippen LogP contribution in [-0.4, -0.2) is 69.3 Å². The summed E-state index contributed by atoms with van der Waals surface area (Å²) in [6, 6.07) is 3.54. The van der Waals surface area contributed by atoms with E-state index in [-0.39, 0.29) is 30.5 Å². The summed E-state index contributed by atoms with van der Waals surface area (Å²) in [5, 5.41) is 10.3. The fourth-order valence-corrected chi connectivity index (χ4v) is 4.37. The Labute approximate surface area is 189 Å². The lowest BCUT2D eigenvalue weighted by molar-refractivity contribution is -0.122. The highest BCUT2D eigenvalue weighted by molar-refractivity contribution is 5.80. The van der Waals surface area contributed by atoms with Crippen molar-refractivity contribution in [1.29, 1.82) is 0 Å². The van der Waals surface area contributed by atoms with Gasteiger partial charge >= 0.3 is 0 Å². The first kappa shape index (κ1) is 20.5. The summed E-state index contributed by atoms with van der Waals surface area (Å²) in [5.41, 5.74) is 2.82. The third-order valence-corrected chi connectivity index (χ3v) is 6.45. The Morgan fingerprint density at radius 1 is 1.30 bits per heavy atom. The highest BCUT2D eigenvalue weighted by Crippen LogP contribution is 2.38. The molecule has 3 aliphatic rings. The predicted molar refractivity (Wildman–Crippen MR) is 116 cm³/mol. The molecule has 2 aliphatic heterocycles. The first-order valence-electron chi connectivity index (χ1n) is 11.4. The van der Waals surface area contributed by atoms with E-state index in [1.54, 1.807) is 0 Å². The second-order valence-electron chi connectivity index (χ2n) is 9.10. The first-order chi connectivity index (χ1) is 16.1. The lowest BCUT2D eigenvalue weighted by atomic mass is 10.0. The topological polar surface area (TPSA) is 113 Å².